The van der Waals surface area contributed by atoms with Crippen molar-refractivity contribution in [3.63, 3.8) is 0 Å². The van der Waals surface area contributed by atoms with E-state index in [1.54, 1.807) is 4.90 Å². The van der Waals surface area contributed by atoms with E-state index >= 15 is 0 Å². The average molecular weight is 214 g/mol. The van der Waals surface area contributed by atoms with E-state index in [-0.39, 0.29) is 12.1 Å². The van der Waals surface area contributed by atoms with E-state index in [1.165, 1.54) is 0 Å². The quantitative estimate of drug-likeness (QED) is 0.776. The number of amides is 1. The summed E-state index contributed by atoms with van der Waals surface area (Å²) in [5.41, 5.74) is 5.76. The van der Waals surface area contributed by atoms with Gasteiger partial charge in [-0.3, -0.25) is 0 Å². The van der Waals surface area contributed by atoms with Crippen molar-refractivity contribution >= 4 is 6.09 Å². The van der Waals surface area contributed by atoms with Gasteiger partial charge in [0, 0.05) is 19.1 Å². The molecule has 1 unspecified atom stereocenters. The zero-order valence-electron chi connectivity index (χ0n) is 9.74. The van der Waals surface area contributed by atoms with Crippen molar-refractivity contribution in [3.8, 4) is 0 Å². The molecule has 0 aromatic rings. The summed E-state index contributed by atoms with van der Waals surface area (Å²) >= 11 is 0. The Morgan fingerprint density at radius 1 is 1.53 bits per heavy atom. The molecule has 1 saturated heterocycles. The van der Waals surface area contributed by atoms with Crippen LogP contribution in [0.5, 0.6) is 0 Å². The monoisotopic (exact) mass is 214 g/mol. The van der Waals surface area contributed by atoms with Gasteiger partial charge >= 0.3 is 6.09 Å². The van der Waals surface area contributed by atoms with Gasteiger partial charge in [-0.15, -0.1) is 0 Å². The SMILES string of the molecule is CCOC(=O)N1CCC(CC(C)N)CC1. The van der Waals surface area contributed by atoms with E-state index in [0.29, 0.717) is 12.5 Å². The molecule has 88 valence electrons. The van der Waals surface area contributed by atoms with E-state index in [1.807, 2.05) is 13.8 Å². The summed E-state index contributed by atoms with van der Waals surface area (Å²) in [7, 11) is 0. The van der Waals surface area contributed by atoms with E-state index in [0.717, 1.165) is 32.4 Å². The van der Waals surface area contributed by atoms with Crippen LogP contribution in [-0.2, 0) is 4.74 Å². The molecule has 4 nitrogen and oxygen atoms in total. The largest absolute Gasteiger partial charge is 0.450 e. The predicted octanol–water partition coefficient (Wildman–Crippen LogP) is 1.59. The van der Waals surface area contributed by atoms with Crippen LogP contribution in [0.3, 0.4) is 0 Å². The number of carbonyl (C=O) groups is 1. The topological polar surface area (TPSA) is 55.6 Å². The van der Waals surface area contributed by atoms with Gasteiger partial charge in [0.15, 0.2) is 0 Å². The fraction of sp³-hybridized carbons (Fsp3) is 0.909. The number of piperidine rings is 1. The Balaban J connectivity index is 2.26. The highest BCUT2D eigenvalue weighted by molar-refractivity contribution is 5.67. The van der Waals surface area contributed by atoms with Crippen LogP contribution >= 0.6 is 0 Å². The van der Waals surface area contributed by atoms with Crippen molar-refractivity contribution in [1.82, 2.24) is 4.90 Å². The molecule has 4 heteroatoms. The molecule has 2 N–H and O–H groups in total. The lowest BCUT2D eigenvalue weighted by Gasteiger charge is -2.31. The summed E-state index contributed by atoms with van der Waals surface area (Å²) in [5.74, 6) is 0.677. The summed E-state index contributed by atoms with van der Waals surface area (Å²) < 4.78 is 4.96. The van der Waals surface area contributed by atoms with Crippen molar-refractivity contribution in [2.75, 3.05) is 19.7 Å². The van der Waals surface area contributed by atoms with Gasteiger partial charge in [0.1, 0.15) is 0 Å². The Labute approximate surface area is 91.8 Å². The molecule has 0 aromatic carbocycles. The minimum atomic E-state index is -0.170. The van der Waals surface area contributed by atoms with Crippen LogP contribution < -0.4 is 5.73 Å². The average Bonchev–Trinajstić information content (AvgIpc) is 2.18. The Morgan fingerprint density at radius 3 is 2.60 bits per heavy atom. The van der Waals surface area contributed by atoms with Crippen molar-refractivity contribution < 1.29 is 9.53 Å². The van der Waals surface area contributed by atoms with Crippen LogP contribution in [0.2, 0.25) is 0 Å². The molecule has 1 aliphatic heterocycles. The Bertz CT molecular complexity index is 199. The van der Waals surface area contributed by atoms with Gasteiger partial charge in [-0.2, -0.15) is 0 Å². The van der Waals surface area contributed by atoms with E-state index in [2.05, 4.69) is 0 Å². The first-order chi connectivity index (χ1) is 7.13. The second kappa shape index (κ2) is 5.95. The minimum absolute atomic E-state index is 0.170. The van der Waals surface area contributed by atoms with Crippen LogP contribution in [0.1, 0.15) is 33.1 Å². The Hall–Kier alpha value is -0.770. The Kier molecular flexibility index (Phi) is 4.88. The maximum absolute atomic E-state index is 11.4. The third kappa shape index (κ3) is 4.08. The smallest absolute Gasteiger partial charge is 0.409 e. The predicted molar refractivity (Wildman–Crippen MR) is 59.6 cm³/mol. The van der Waals surface area contributed by atoms with Crippen LogP contribution in [0.15, 0.2) is 0 Å². The number of hydrogen-bond acceptors (Lipinski definition) is 3. The standard InChI is InChI=1S/C11H22N2O2/c1-3-15-11(14)13-6-4-10(5-7-13)8-9(2)12/h9-10H,3-8,12H2,1-2H3. The van der Waals surface area contributed by atoms with Crippen LogP contribution in [0, 0.1) is 5.92 Å². The van der Waals surface area contributed by atoms with Crippen molar-refractivity contribution in [2.24, 2.45) is 11.7 Å². The molecule has 0 aromatic heterocycles. The number of ether oxygens (including phenoxy) is 1. The third-order valence-corrected chi connectivity index (χ3v) is 2.85. The summed E-state index contributed by atoms with van der Waals surface area (Å²) in [4.78, 5) is 13.2. The molecule has 0 bridgehead atoms. The van der Waals surface area contributed by atoms with Gasteiger partial charge < -0.3 is 15.4 Å². The van der Waals surface area contributed by atoms with Crippen molar-refractivity contribution in [2.45, 2.75) is 39.2 Å². The molecular formula is C11H22N2O2. The third-order valence-electron chi connectivity index (χ3n) is 2.85. The normalized spacial score (nSPS) is 20.1. The number of likely N-dealkylation sites (tertiary alicyclic amines) is 1. The summed E-state index contributed by atoms with van der Waals surface area (Å²) in [6.45, 7) is 5.96. The first-order valence-electron chi connectivity index (χ1n) is 5.80. The van der Waals surface area contributed by atoms with Gasteiger partial charge in [0.25, 0.3) is 0 Å². The molecule has 0 aliphatic carbocycles. The lowest BCUT2D eigenvalue weighted by Crippen LogP contribution is -2.39. The second-order valence-corrected chi connectivity index (χ2v) is 4.34. The molecule has 0 radical (unpaired) electrons. The van der Waals surface area contributed by atoms with E-state index < -0.39 is 0 Å². The number of nitrogens with zero attached hydrogens (tertiary/aromatic N) is 1. The molecule has 1 fully saturated rings. The molecule has 0 spiro atoms. The molecule has 1 atom stereocenters. The van der Waals surface area contributed by atoms with Crippen molar-refractivity contribution in [1.29, 1.82) is 0 Å². The fourth-order valence-corrected chi connectivity index (χ4v) is 2.09. The summed E-state index contributed by atoms with van der Waals surface area (Å²) in [6, 6.07) is 0.268. The number of hydrogen-bond donors (Lipinski definition) is 1. The van der Waals surface area contributed by atoms with Gasteiger partial charge in [-0.25, -0.2) is 4.79 Å². The van der Waals surface area contributed by atoms with Gasteiger partial charge in [0.05, 0.1) is 6.61 Å². The highest BCUT2D eigenvalue weighted by Crippen LogP contribution is 2.21. The molecule has 1 heterocycles. The molecule has 1 aliphatic rings. The zero-order valence-corrected chi connectivity index (χ0v) is 9.74. The van der Waals surface area contributed by atoms with E-state index in [4.69, 9.17) is 10.5 Å². The number of carbonyl (C=O) groups excluding carboxylic acids is 1. The number of rotatable bonds is 3. The maximum atomic E-state index is 11.4. The molecule has 0 saturated carbocycles. The lowest BCUT2D eigenvalue weighted by atomic mass is 9.91. The summed E-state index contributed by atoms with van der Waals surface area (Å²) in [5, 5.41) is 0. The van der Waals surface area contributed by atoms with Gasteiger partial charge in [-0.05, 0) is 39.0 Å². The summed E-state index contributed by atoms with van der Waals surface area (Å²) in [6.07, 6.45) is 3.01. The van der Waals surface area contributed by atoms with Gasteiger partial charge in [-0.1, -0.05) is 0 Å². The lowest BCUT2D eigenvalue weighted by molar-refractivity contribution is 0.0904. The fourth-order valence-electron chi connectivity index (χ4n) is 2.09. The maximum Gasteiger partial charge on any atom is 0.409 e. The molecule has 15 heavy (non-hydrogen) atoms. The van der Waals surface area contributed by atoms with E-state index in [9.17, 15) is 4.79 Å². The zero-order chi connectivity index (χ0) is 11.3. The molecular weight excluding hydrogens is 192 g/mol. The van der Waals surface area contributed by atoms with Gasteiger partial charge in [0.2, 0.25) is 0 Å². The first-order valence-corrected chi connectivity index (χ1v) is 5.80. The molecule has 1 rings (SSSR count). The molecule has 1 amide bonds. The second-order valence-electron chi connectivity index (χ2n) is 4.34. The number of nitrogens with two attached hydrogens (primary N) is 1. The van der Waals surface area contributed by atoms with Crippen LogP contribution in [-0.4, -0.2) is 36.7 Å². The minimum Gasteiger partial charge on any atom is -0.450 e. The Morgan fingerprint density at radius 2 is 2.13 bits per heavy atom. The first kappa shape index (κ1) is 12.3. The highest BCUT2D eigenvalue weighted by atomic mass is 16.6. The van der Waals surface area contributed by atoms with Crippen LogP contribution in [0.25, 0.3) is 0 Å². The highest BCUT2D eigenvalue weighted by Gasteiger charge is 2.23. The van der Waals surface area contributed by atoms with Crippen molar-refractivity contribution in [3.05, 3.63) is 0 Å². The van der Waals surface area contributed by atoms with Crippen LogP contribution in [0.4, 0.5) is 4.79 Å².